The van der Waals surface area contributed by atoms with Gasteiger partial charge in [0, 0.05) is 36.5 Å². The SMILES string of the molecule is CNC1=NC(N)(c2cc3c(c(C4=CCN[C@@H](C)CC4)c2Cl)OCCC3)NC(C)=C1. The molecular formula is C22H30ClN5O. The molecular weight excluding hydrogens is 386 g/mol. The van der Waals surface area contributed by atoms with Crippen molar-refractivity contribution < 1.29 is 4.74 Å². The van der Waals surface area contributed by atoms with Crippen LogP contribution in [-0.4, -0.2) is 32.1 Å². The lowest BCUT2D eigenvalue weighted by Crippen LogP contribution is -2.52. The number of nitrogens with zero attached hydrogens (tertiary/aromatic N) is 1. The number of halogens is 1. The number of fused-ring (bicyclic) bond motifs is 1. The summed E-state index contributed by atoms with van der Waals surface area (Å²) in [6, 6.07) is 2.54. The summed E-state index contributed by atoms with van der Waals surface area (Å²) in [4.78, 5) is 4.72. The Bertz CT molecular complexity index is 907. The van der Waals surface area contributed by atoms with E-state index in [1.165, 1.54) is 5.57 Å². The van der Waals surface area contributed by atoms with Gasteiger partial charge in [-0.1, -0.05) is 17.7 Å². The molecule has 1 aromatic carbocycles. The van der Waals surface area contributed by atoms with E-state index in [0.29, 0.717) is 17.7 Å². The molecule has 0 amide bonds. The van der Waals surface area contributed by atoms with Crippen LogP contribution in [0.5, 0.6) is 5.75 Å². The van der Waals surface area contributed by atoms with Crippen LogP contribution in [0.1, 0.15) is 49.8 Å². The number of aryl methyl sites for hydroxylation is 1. The van der Waals surface area contributed by atoms with Crippen LogP contribution in [0.15, 0.2) is 28.9 Å². The van der Waals surface area contributed by atoms with E-state index in [1.807, 2.05) is 20.0 Å². The second-order valence-electron chi connectivity index (χ2n) is 8.10. The first-order chi connectivity index (χ1) is 13.9. The number of hydrogen-bond donors (Lipinski definition) is 4. The Morgan fingerprint density at radius 1 is 1.38 bits per heavy atom. The number of hydrogen-bond acceptors (Lipinski definition) is 6. The highest BCUT2D eigenvalue weighted by Crippen LogP contribution is 2.45. The molecule has 7 heteroatoms. The van der Waals surface area contributed by atoms with E-state index in [9.17, 15) is 0 Å². The maximum atomic E-state index is 7.06. The van der Waals surface area contributed by atoms with E-state index < -0.39 is 5.79 Å². The van der Waals surface area contributed by atoms with Crippen LogP contribution in [0.3, 0.4) is 0 Å². The minimum absolute atomic E-state index is 0.471. The number of likely N-dealkylation sites (N-methyl/N-ethyl adjacent to an activating group) is 1. The van der Waals surface area contributed by atoms with Crippen LogP contribution in [0, 0.1) is 0 Å². The number of rotatable bonds is 2. The largest absolute Gasteiger partial charge is 0.493 e. The molecule has 0 radical (unpaired) electrons. The molecule has 0 bridgehead atoms. The summed E-state index contributed by atoms with van der Waals surface area (Å²) in [5, 5.41) is 10.6. The van der Waals surface area contributed by atoms with E-state index in [2.05, 4.69) is 35.0 Å². The molecule has 5 N–H and O–H groups in total. The highest BCUT2D eigenvalue weighted by atomic mass is 35.5. The summed E-state index contributed by atoms with van der Waals surface area (Å²) >= 11 is 7.06. The topological polar surface area (TPSA) is 83.7 Å². The highest BCUT2D eigenvalue weighted by molar-refractivity contribution is 6.33. The maximum absolute atomic E-state index is 7.06. The van der Waals surface area contributed by atoms with E-state index in [0.717, 1.165) is 66.2 Å². The second kappa shape index (κ2) is 8.01. The molecule has 0 saturated heterocycles. The van der Waals surface area contributed by atoms with Gasteiger partial charge in [-0.05, 0) is 62.8 Å². The van der Waals surface area contributed by atoms with Gasteiger partial charge in [-0.2, -0.15) is 0 Å². The summed E-state index contributed by atoms with van der Waals surface area (Å²) in [6.07, 6.45) is 8.10. The third kappa shape index (κ3) is 3.89. The first-order valence-electron chi connectivity index (χ1n) is 10.4. The zero-order chi connectivity index (χ0) is 20.6. The number of allylic oxidation sites excluding steroid dienone is 2. The quantitative estimate of drug-likeness (QED) is 0.596. The average Bonchev–Trinajstić information content (AvgIpc) is 2.91. The molecule has 6 nitrogen and oxygen atoms in total. The molecule has 29 heavy (non-hydrogen) atoms. The molecule has 0 saturated carbocycles. The van der Waals surface area contributed by atoms with Crippen LogP contribution < -0.4 is 26.4 Å². The summed E-state index contributed by atoms with van der Waals surface area (Å²) in [5.41, 5.74) is 11.9. The van der Waals surface area contributed by atoms with Gasteiger partial charge in [0.05, 0.1) is 11.6 Å². The maximum Gasteiger partial charge on any atom is 0.212 e. The third-order valence-corrected chi connectivity index (χ3v) is 6.21. The van der Waals surface area contributed by atoms with E-state index in [4.69, 9.17) is 27.1 Å². The van der Waals surface area contributed by atoms with Crippen molar-refractivity contribution in [2.45, 2.75) is 51.4 Å². The monoisotopic (exact) mass is 415 g/mol. The van der Waals surface area contributed by atoms with Gasteiger partial charge in [0.25, 0.3) is 0 Å². The summed E-state index contributed by atoms with van der Waals surface area (Å²) < 4.78 is 6.13. The zero-order valence-electron chi connectivity index (χ0n) is 17.4. The van der Waals surface area contributed by atoms with Crippen molar-refractivity contribution in [2.75, 3.05) is 20.2 Å². The van der Waals surface area contributed by atoms with Gasteiger partial charge in [-0.15, -0.1) is 0 Å². The van der Waals surface area contributed by atoms with Crippen molar-refractivity contribution in [1.82, 2.24) is 16.0 Å². The fraction of sp³-hybridized carbons (Fsp3) is 0.500. The van der Waals surface area contributed by atoms with Crippen LogP contribution in [-0.2, 0) is 12.2 Å². The van der Waals surface area contributed by atoms with Crippen LogP contribution in [0.25, 0.3) is 5.57 Å². The minimum atomic E-state index is -1.13. The van der Waals surface area contributed by atoms with Gasteiger partial charge in [-0.25, -0.2) is 4.99 Å². The van der Waals surface area contributed by atoms with Gasteiger partial charge in [0.1, 0.15) is 11.6 Å². The van der Waals surface area contributed by atoms with E-state index >= 15 is 0 Å². The molecule has 0 fully saturated rings. The highest BCUT2D eigenvalue weighted by Gasteiger charge is 2.36. The van der Waals surface area contributed by atoms with Gasteiger partial charge in [-0.3, -0.25) is 5.73 Å². The number of aliphatic imine (C=N–C) groups is 1. The number of ether oxygens (including phenoxy) is 1. The number of amidine groups is 1. The van der Waals surface area contributed by atoms with Gasteiger partial charge in [0.2, 0.25) is 5.79 Å². The molecule has 3 aliphatic rings. The summed E-state index contributed by atoms with van der Waals surface area (Å²) in [7, 11) is 1.84. The molecule has 2 atom stereocenters. The molecule has 156 valence electrons. The number of benzene rings is 1. The smallest absolute Gasteiger partial charge is 0.212 e. The van der Waals surface area contributed by atoms with Crippen molar-refractivity contribution in [1.29, 1.82) is 0 Å². The molecule has 4 rings (SSSR count). The molecule has 0 aliphatic carbocycles. The lowest BCUT2D eigenvalue weighted by atomic mass is 9.90. The van der Waals surface area contributed by atoms with Crippen LogP contribution in [0.4, 0.5) is 0 Å². The van der Waals surface area contributed by atoms with Gasteiger partial charge >= 0.3 is 0 Å². The van der Waals surface area contributed by atoms with Gasteiger partial charge in [0.15, 0.2) is 0 Å². The first kappa shape index (κ1) is 20.3. The summed E-state index contributed by atoms with van der Waals surface area (Å²) in [5.74, 6) is 0.504. The molecule has 1 unspecified atom stereocenters. The Hall–Kier alpha value is -2.02. The van der Waals surface area contributed by atoms with E-state index in [1.54, 1.807) is 0 Å². The predicted molar refractivity (Wildman–Crippen MR) is 119 cm³/mol. The van der Waals surface area contributed by atoms with Crippen LogP contribution >= 0.6 is 11.6 Å². The van der Waals surface area contributed by atoms with Crippen molar-refractivity contribution in [2.24, 2.45) is 10.7 Å². The fourth-order valence-corrected chi connectivity index (χ4v) is 4.69. The van der Waals surface area contributed by atoms with Crippen molar-refractivity contribution in [3.05, 3.63) is 45.6 Å². The number of nitrogens with two attached hydrogens (primary N) is 1. The normalized spacial score (nSPS) is 26.8. The fourth-order valence-electron chi connectivity index (χ4n) is 4.28. The zero-order valence-corrected chi connectivity index (χ0v) is 18.1. The summed E-state index contributed by atoms with van der Waals surface area (Å²) in [6.45, 7) is 5.73. The standard InChI is InChI=1S/C22H30ClN5O/c1-13-6-7-15(8-9-26-13)19-20(23)17(12-16-5-4-10-29-21(16)19)22(24)27-14(2)11-18(25-3)28-22/h8,11-13,26-27H,4-7,9-10,24H2,1-3H3,(H,25,28)/t13-,22?/m0/s1. The average molecular weight is 416 g/mol. The molecule has 3 aliphatic heterocycles. The second-order valence-corrected chi connectivity index (χ2v) is 8.47. The van der Waals surface area contributed by atoms with E-state index in [-0.39, 0.29) is 0 Å². The first-order valence-corrected chi connectivity index (χ1v) is 10.7. The molecule has 0 aromatic heterocycles. The Labute approximate surface area is 177 Å². The third-order valence-electron chi connectivity index (χ3n) is 5.82. The van der Waals surface area contributed by atoms with Crippen molar-refractivity contribution in [3.8, 4) is 5.75 Å². The molecule has 0 spiro atoms. The predicted octanol–water partition coefficient (Wildman–Crippen LogP) is 3.01. The lowest BCUT2D eigenvalue weighted by Gasteiger charge is -2.35. The Morgan fingerprint density at radius 3 is 3.00 bits per heavy atom. The Morgan fingerprint density at radius 2 is 2.21 bits per heavy atom. The lowest BCUT2D eigenvalue weighted by molar-refractivity contribution is 0.286. The molecule has 3 heterocycles. The van der Waals surface area contributed by atoms with Crippen LogP contribution in [0.2, 0.25) is 5.02 Å². The Kier molecular flexibility index (Phi) is 5.60. The number of nitrogens with one attached hydrogen (secondary N) is 3. The van der Waals surface area contributed by atoms with Crippen molar-refractivity contribution >= 4 is 23.0 Å². The molecule has 1 aromatic rings. The Balaban J connectivity index is 1.88. The minimum Gasteiger partial charge on any atom is -0.493 e. The van der Waals surface area contributed by atoms with Gasteiger partial charge < -0.3 is 20.7 Å². The van der Waals surface area contributed by atoms with Crippen molar-refractivity contribution in [3.63, 3.8) is 0 Å².